The predicted octanol–water partition coefficient (Wildman–Crippen LogP) is 4.71. The van der Waals surface area contributed by atoms with E-state index >= 15 is 0 Å². The Hall–Kier alpha value is -0.770. The maximum Gasteiger partial charge on any atom is 0.0326 e. The van der Waals surface area contributed by atoms with E-state index in [-0.39, 0.29) is 0 Å². The van der Waals surface area contributed by atoms with Gasteiger partial charge < -0.3 is 5.32 Å². The lowest BCUT2D eigenvalue weighted by Gasteiger charge is -2.12. The average Bonchev–Trinajstić information content (AvgIpc) is 2.90. The lowest BCUT2D eigenvalue weighted by molar-refractivity contribution is 0.598. The van der Waals surface area contributed by atoms with Crippen LogP contribution in [0.5, 0.6) is 0 Å². The topological polar surface area (TPSA) is 12.0 Å². The second-order valence-corrected chi connectivity index (χ2v) is 6.30. The highest BCUT2D eigenvalue weighted by Gasteiger charge is 2.03. The molecular weight excluding hydrogens is 258 g/mol. The minimum atomic E-state index is 0.436. The molecule has 1 atom stereocenters. The summed E-state index contributed by atoms with van der Waals surface area (Å²) in [6.45, 7) is 5.36. The summed E-state index contributed by atoms with van der Waals surface area (Å²) < 4.78 is 0. The fraction of sp³-hybridized carbons (Fsp3) is 0.333. The SMILES string of the molecule is CCNC(C)c1ccc(SCc2cccs2)cc1. The van der Waals surface area contributed by atoms with Gasteiger partial charge in [0.1, 0.15) is 0 Å². The van der Waals surface area contributed by atoms with Crippen molar-refractivity contribution < 1.29 is 0 Å². The lowest BCUT2D eigenvalue weighted by atomic mass is 10.1. The van der Waals surface area contributed by atoms with Gasteiger partial charge in [-0.25, -0.2) is 0 Å². The van der Waals surface area contributed by atoms with Crippen molar-refractivity contribution >= 4 is 23.1 Å². The Morgan fingerprint density at radius 1 is 1.22 bits per heavy atom. The first kappa shape index (κ1) is 13.7. The standard InChI is InChI=1S/C15H19NS2/c1-3-16-12(2)13-6-8-14(9-7-13)18-11-15-5-4-10-17-15/h4-10,12,16H,3,11H2,1-2H3. The Labute approximate surface area is 118 Å². The van der Waals surface area contributed by atoms with Crippen molar-refractivity contribution in [2.75, 3.05) is 6.54 Å². The van der Waals surface area contributed by atoms with Crippen LogP contribution in [0.4, 0.5) is 0 Å². The van der Waals surface area contributed by atoms with Crippen molar-refractivity contribution in [3.63, 3.8) is 0 Å². The van der Waals surface area contributed by atoms with Crippen LogP contribution in [-0.4, -0.2) is 6.54 Å². The quantitative estimate of drug-likeness (QED) is 0.767. The Morgan fingerprint density at radius 3 is 2.61 bits per heavy atom. The molecule has 0 saturated carbocycles. The van der Waals surface area contributed by atoms with E-state index in [0.29, 0.717) is 6.04 Å². The molecule has 96 valence electrons. The fourth-order valence-electron chi connectivity index (χ4n) is 1.83. The maximum atomic E-state index is 3.43. The van der Waals surface area contributed by atoms with Gasteiger partial charge in [0, 0.05) is 21.6 Å². The summed E-state index contributed by atoms with van der Waals surface area (Å²) in [5.41, 5.74) is 1.36. The van der Waals surface area contributed by atoms with Crippen LogP contribution in [0.3, 0.4) is 0 Å². The molecule has 1 aromatic carbocycles. The van der Waals surface area contributed by atoms with E-state index in [1.807, 2.05) is 23.1 Å². The zero-order valence-corrected chi connectivity index (χ0v) is 12.5. The molecule has 0 fully saturated rings. The summed E-state index contributed by atoms with van der Waals surface area (Å²) in [5.74, 6) is 1.07. The lowest BCUT2D eigenvalue weighted by Crippen LogP contribution is -2.17. The first-order valence-electron chi connectivity index (χ1n) is 6.28. The number of thiophene rings is 1. The highest BCUT2D eigenvalue weighted by Crippen LogP contribution is 2.26. The zero-order valence-electron chi connectivity index (χ0n) is 10.8. The van der Waals surface area contributed by atoms with Crippen molar-refractivity contribution in [2.45, 2.75) is 30.5 Å². The molecule has 2 aromatic rings. The van der Waals surface area contributed by atoms with E-state index in [0.717, 1.165) is 12.3 Å². The molecule has 0 aliphatic rings. The van der Waals surface area contributed by atoms with Crippen molar-refractivity contribution in [3.05, 3.63) is 52.2 Å². The van der Waals surface area contributed by atoms with Gasteiger partial charge in [0.15, 0.2) is 0 Å². The van der Waals surface area contributed by atoms with E-state index in [1.54, 1.807) is 0 Å². The van der Waals surface area contributed by atoms with Crippen LogP contribution >= 0.6 is 23.1 Å². The van der Waals surface area contributed by atoms with Gasteiger partial charge in [0.2, 0.25) is 0 Å². The number of rotatable bonds is 6. The maximum absolute atomic E-state index is 3.43. The minimum absolute atomic E-state index is 0.436. The summed E-state index contributed by atoms with van der Waals surface area (Å²) in [5, 5.41) is 5.57. The van der Waals surface area contributed by atoms with Crippen molar-refractivity contribution in [2.24, 2.45) is 0 Å². The van der Waals surface area contributed by atoms with Gasteiger partial charge in [0.25, 0.3) is 0 Å². The second kappa shape index (κ2) is 6.98. The molecule has 0 saturated heterocycles. The molecule has 1 heterocycles. The minimum Gasteiger partial charge on any atom is -0.310 e. The van der Waals surface area contributed by atoms with Gasteiger partial charge >= 0.3 is 0 Å². The van der Waals surface area contributed by atoms with Crippen LogP contribution in [-0.2, 0) is 5.75 Å². The van der Waals surface area contributed by atoms with Crippen LogP contribution in [0, 0.1) is 0 Å². The van der Waals surface area contributed by atoms with E-state index in [4.69, 9.17) is 0 Å². The molecule has 1 unspecified atom stereocenters. The molecule has 0 aliphatic carbocycles. The first-order valence-corrected chi connectivity index (χ1v) is 8.14. The number of hydrogen-bond donors (Lipinski definition) is 1. The fourth-order valence-corrected chi connectivity index (χ4v) is 3.50. The summed E-state index contributed by atoms with van der Waals surface area (Å²) in [4.78, 5) is 2.78. The molecule has 0 bridgehead atoms. The van der Waals surface area contributed by atoms with Crippen LogP contribution in [0.1, 0.15) is 30.3 Å². The third kappa shape index (κ3) is 3.87. The van der Waals surface area contributed by atoms with Gasteiger partial charge in [0.05, 0.1) is 0 Å². The summed E-state index contributed by atoms with van der Waals surface area (Å²) in [6, 6.07) is 13.6. The molecular formula is C15H19NS2. The molecule has 0 amide bonds. The third-order valence-electron chi connectivity index (χ3n) is 2.85. The van der Waals surface area contributed by atoms with Gasteiger partial charge in [-0.05, 0) is 42.6 Å². The molecule has 1 N–H and O–H groups in total. The van der Waals surface area contributed by atoms with Gasteiger partial charge in [-0.15, -0.1) is 23.1 Å². The average molecular weight is 277 g/mol. The van der Waals surface area contributed by atoms with E-state index in [2.05, 4.69) is 60.9 Å². The molecule has 1 aromatic heterocycles. The van der Waals surface area contributed by atoms with Crippen molar-refractivity contribution in [1.29, 1.82) is 0 Å². The van der Waals surface area contributed by atoms with Gasteiger partial charge in [-0.2, -0.15) is 0 Å². The second-order valence-electron chi connectivity index (χ2n) is 4.22. The van der Waals surface area contributed by atoms with Crippen LogP contribution in [0.15, 0.2) is 46.7 Å². The van der Waals surface area contributed by atoms with E-state index in [1.165, 1.54) is 15.3 Å². The van der Waals surface area contributed by atoms with Crippen molar-refractivity contribution in [3.8, 4) is 0 Å². The molecule has 1 nitrogen and oxygen atoms in total. The molecule has 0 aliphatic heterocycles. The summed E-state index contributed by atoms with van der Waals surface area (Å²) in [7, 11) is 0. The third-order valence-corrected chi connectivity index (χ3v) is 4.97. The Bertz CT molecular complexity index is 448. The molecule has 3 heteroatoms. The predicted molar refractivity (Wildman–Crippen MR) is 82.4 cm³/mol. The smallest absolute Gasteiger partial charge is 0.0326 e. The number of thioether (sulfide) groups is 1. The van der Waals surface area contributed by atoms with Gasteiger partial charge in [-0.1, -0.05) is 25.1 Å². The van der Waals surface area contributed by atoms with Crippen LogP contribution < -0.4 is 5.32 Å². The Kier molecular flexibility index (Phi) is 5.29. The zero-order chi connectivity index (χ0) is 12.8. The number of benzene rings is 1. The van der Waals surface area contributed by atoms with E-state index < -0.39 is 0 Å². The summed E-state index contributed by atoms with van der Waals surface area (Å²) in [6.07, 6.45) is 0. The normalized spacial score (nSPS) is 12.6. The largest absolute Gasteiger partial charge is 0.310 e. The van der Waals surface area contributed by atoms with Gasteiger partial charge in [-0.3, -0.25) is 0 Å². The van der Waals surface area contributed by atoms with Crippen LogP contribution in [0.2, 0.25) is 0 Å². The summed E-state index contributed by atoms with van der Waals surface area (Å²) >= 11 is 3.73. The monoisotopic (exact) mass is 277 g/mol. The molecule has 2 rings (SSSR count). The molecule has 0 spiro atoms. The van der Waals surface area contributed by atoms with Crippen molar-refractivity contribution in [1.82, 2.24) is 5.32 Å². The van der Waals surface area contributed by atoms with Crippen LogP contribution in [0.25, 0.3) is 0 Å². The first-order chi connectivity index (χ1) is 8.79. The number of hydrogen-bond acceptors (Lipinski definition) is 3. The molecule has 18 heavy (non-hydrogen) atoms. The highest BCUT2D eigenvalue weighted by molar-refractivity contribution is 7.98. The Balaban J connectivity index is 1.91. The number of nitrogens with one attached hydrogen (secondary N) is 1. The Morgan fingerprint density at radius 2 is 2.00 bits per heavy atom. The molecule has 0 radical (unpaired) electrons. The highest BCUT2D eigenvalue weighted by atomic mass is 32.2. The van der Waals surface area contributed by atoms with E-state index in [9.17, 15) is 0 Å².